The predicted molar refractivity (Wildman–Crippen MR) is 173 cm³/mol. The van der Waals surface area contributed by atoms with Gasteiger partial charge in [0.25, 0.3) is 11.5 Å². The van der Waals surface area contributed by atoms with Crippen LogP contribution in [-0.4, -0.2) is 89.3 Å². The number of benzene rings is 1. The first kappa shape index (κ1) is 33.3. The quantitative estimate of drug-likeness (QED) is 0.310. The Kier molecular flexibility index (Phi) is 7.77. The number of hydrogen-bond acceptors (Lipinski definition) is 11. The number of hydrogen-bond donors (Lipinski definition) is 2. The van der Waals surface area contributed by atoms with Gasteiger partial charge in [-0.05, 0) is 51.3 Å². The second-order valence-corrected chi connectivity index (χ2v) is 13.6. The highest BCUT2D eigenvalue weighted by atomic mass is 35.5. The van der Waals surface area contributed by atoms with E-state index in [2.05, 4.69) is 20.4 Å². The number of piperidine rings is 1. The Morgan fingerprint density at radius 1 is 1.20 bits per heavy atom. The van der Waals surface area contributed by atoms with Gasteiger partial charge in [0.1, 0.15) is 18.5 Å². The molecule has 1 aromatic carbocycles. The third-order valence-corrected chi connectivity index (χ3v) is 10.4. The van der Waals surface area contributed by atoms with E-state index in [1.807, 2.05) is 4.90 Å². The van der Waals surface area contributed by atoms with Gasteiger partial charge in [0.05, 0.1) is 58.1 Å². The fourth-order valence-electron chi connectivity index (χ4n) is 7.63. The summed E-state index contributed by atoms with van der Waals surface area (Å²) in [6.07, 6.45) is -2.88. The molecule has 0 saturated carbocycles. The lowest BCUT2D eigenvalue weighted by Gasteiger charge is -2.39. The number of nitrogens with zero attached hydrogens (tertiary/aromatic N) is 8. The largest absolute Gasteiger partial charge is 0.504 e. The number of halogens is 4. The maximum Gasteiger partial charge on any atom is 0.416 e. The molecular formula is C32H31ClF3N9O6. The lowest BCUT2D eigenvalue weighted by Crippen LogP contribution is -2.47. The average Bonchev–Trinajstić information content (AvgIpc) is 3.88. The van der Waals surface area contributed by atoms with E-state index in [4.69, 9.17) is 26.1 Å². The van der Waals surface area contributed by atoms with Gasteiger partial charge in [-0.25, -0.2) is 9.97 Å². The third-order valence-electron chi connectivity index (χ3n) is 10.1. The molecule has 51 heavy (non-hydrogen) atoms. The van der Waals surface area contributed by atoms with Gasteiger partial charge in [-0.15, -0.1) is 5.10 Å². The first-order valence-electron chi connectivity index (χ1n) is 16.3. The Bertz CT molecular complexity index is 2170. The summed E-state index contributed by atoms with van der Waals surface area (Å²) in [6, 6.07) is 2.65. The Morgan fingerprint density at radius 2 is 1.96 bits per heavy atom. The number of carbonyl (C=O) groups excluding carboxylic acids is 2. The number of rotatable bonds is 5. The maximum atomic E-state index is 14.4. The monoisotopic (exact) mass is 729 g/mol. The number of alkyl halides is 3. The smallest absolute Gasteiger partial charge is 0.416 e. The van der Waals surface area contributed by atoms with Crippen LogP contribution in [0.1, 0.15) is 65.3 Å². The van der Waals surface area contributed by atoms with Gasteiger partial charge in [0.15, 0.2) is 11.4 Å². The minimum absolute atomic E-state index is 0.0162. The molecule has 3 fully saturated rings. The molecule has 4 aliphatic heterocycles. The van der Waals surface area contributed by atoms with Crippen molar-refractivity contribution in [2.45, 2.75) is 69.7 Å². The van der Waals surface area contributed by atoms with E-state index in [9.17, 15) is 32.7 Å². The number of aromatic hydroxyl groups is 1. The van der Waals surface area contributed by atoms with Crippen LogP contribution in [0.5, 0.6) is 5.75 Å². The first-order chi connectivity index (χ1) is 24.2. The van der Waals surface area contributed by atoms with Crippen molar-refractivity contribution < 1.29 is 37.3 Å². The van der Waals surface area contributed by atoms with Crippen molar-refractivity contribution in [2.24, 2.45) is 0 Å². The summed E-state index contributed by atoms with van der Waals surface area (Å²) in [5.74, 6) is -1.05. The fourth-order valence-corrected chi connectivity index (χ4v) is 7.85. The van der Waals surface area contributed by atoms with Gasteiger partial charge in [0, 0.05) is 19.6 Å². The van der Waals surface area contributed by atoms with Crippen molar-refractivity contribution in [1.82, 2.24) is 34.0 Å². The maximum absolute atomic E-state index is 14.4. The van der Waals surface area contributed by atoms with Crippen LogP contribution in [0.3, 0.4) is 0 Å². The van der Waals surface area contributed by atoms with Crippen LogP contribution in [0.2, 0.25) is 5.02 Å². The average molecular weight is 730 g/mol. The number of aryl methyl sites for hydroxylation is 1. The van der Waals surface area contributed by atoms with Gasteiger partial charge in [-0.1, -0.05) is 11.6 Å². The Hall–Kier alpha value is -4.81. The topological polar surface area (TPSA) is 169 Å². The zero-order valence-corrected chi connectivity index (χ0v) is 28.0. The van der Waals surface area contributed by atoms with Crippen molar-refractivity contribution in [3.05, 3.63) is 68.1 Å². The minimum Gasteiger partial charge on any atom is -0.504 e. The summed E-state index contributed by atoms with van der Waals surface area (Å²) in [4.78, 5) is 57.5. The second-order valence-electron chi connectivity index (χ2n) is 13.2. The van der Waals surface area contributed by atoms with Crippen molar-refractivity contribution in [3.63, 3.8) is 0 Å². The molecule has 3 saturated heterocycles. The number of amides is 2. The van der Waals surface area contributed by atoms with E-state index in [0.29, 0.717) is 24.8 Å². The zero-order valence-electron chi connectivity index (χ0n) is 27.3. The van der Waals surface area contributed by atoms with E-state index in [1.165, 1.54) is 11.2 Å². The Labute approximate surface area is 291 Å². The molecule has 2 unspecified atom stereocenters. The van der Waals surface area contributed by atoms with E-state index in [-0.39, 0.29) is 77.3 Å². The molecule has 7 heterocycles. The third kappa shape index (κ3) is 5.47. The molecule has 1 spiro atoms. The lowest BCUT2D eigenvalue weighted by molar-refractivity contribution is -0.137. The summed E-state index contributed by atoms with van der Waals surface area (Å²) in [5.41, 5.74) is -1.80. The highest BCUT2D eigenvalue weighted by Crippen LogP contribution is 2.48. The molecule has 268 valence electrons. The van der Waals surface area contributed by atoms with Gasteiger partial charge in [-0.2, -0.15) is 22.7 Å². The minimum atomic E-state index is -4.62. The summed E-state index contributed by atoms with van der Waals surface area (Å²) in [5, 5.41) is 17.3. The van der Waals surface area contributed by atoms with Gasteiger partial charge in [-0.3, -0.25) is 14.4 Å². The number of fused-ring (bicyclic) bond motifs is 5. The first-order valence-corrected chi connectivity index (χ1v) is 16.7. The Balaban J connectivity index is 1.16. The lowest BCUT2D eigenvalue weighted by atomic mass is 9.85. The summed E-state index contributed by atoms with van der Waals surface area (Å²) >= 11 is 6.14. The normalized spacial score (nSPS) is 22.3. The van der Waals surface area contributed by atoms with E-state index < -0.39 is 47.4 Å². The van der Waals surface area contributed by atoms with Crippen molar-refractivity contribution in [3.8, 4) is 5.75 Å². The molecule has 4 aliphatic rings. The van der Waals surface area contributed by atoms with Crippen LogP contribution in [0.4, 0.5) is 24.8 Å². The van der Waals surface area contributed by atoms with Crippen molar-refractivity contribution in [2.75, 3.05) is 36.5 Å². The van der Waals surface area contributed by atoms with Gasteiger partial charge >= 0.3 is 6.18 Å². The number of carbonyl (C=O) groups is 2. The van der Waals surface area contributed by atoms with Crippen molar-refractivity contribution in [1.29, 1.82) is 0 Å². The van der Waals surface area contributed by atoms with Crippen LogP contribution < -0.4 is 15.8 Å². The summed E-state index contributed by atoms with van der Waals surface area (Å²) < 4.78 is 54.7. The molecule has 4 aromatic rings. The van der Waals surface area contributed by atoms with E-state index >= 15 is 0 Å². The SMILES string of the molecule is Cc1ncnc(C(=O)N2CCC3(CC2)O[C@H](C)c2c3c(=O)n3nc(N4CC5CC4CO5)nc3n2CC(=O)Nc2ccc(C(F)(F)F)cc2Cl)c1O. The molecule has 19 heteroatoms. The number of ether oxygens (including phenoxy) is 2. The van der Waals surface area contributed by atoms with Gasteiger partial charge < -0.3 is 34.3 Å². The van der Waals surface area contributed by atoms with Crippen LogP contribution in [0.15, 0.2) is 29.3 Å². The van der Waals surface area contributed by atoms with E-state index in [1.54, 1.807) is 18.4 Å². The fraction of sp³-hybridized carbons (Fsp3) is 0.469. The Morgan fingerprint density at radius 3 is 2.63 bits per heavy atom. The van der Waals surface area contributed by atoms with Crippen LogP contribution >= 0.6 is 11.6 Å². The molecular weight excluding hydrogens is 699 g/mol. The predicted octanol–water partition coefficient (Wildman–Crippen LogP) is 3.21. The number of likely N-dealkylation sites (tertiary alicyclic amines) is 1. The standard InChI is InChI=1S/C32H31ClF3N9O6/c1-15-26(47)24(38-14-37-15)28(49)42-7-5-31(6-8-42)23-25(16(2)51-31)44(12-22(46)39-21-4-3-17(9-20(21)33)32(34,35)36)30-40-29(41-45(30)27(23)48)43-11-19-10-18(43)13-50-19/h3-4,9,14,16,18-19,47H,5-8,10-13H2,1-2H3,(H,39,46)/t16-,18?,19?/m1/s1. The highest BCUT2D eigenvalue weighted by molar-refractivity contribution is 6.33. The molecule has 2 bridgehead atoms. The molecule has 0 aliphatic carbocycles. The zero-order chi connectivity index (χ0) is 36.0. The van der Waals surface area contributed by atoms with Crippen molar-refractivity contribution >= 4 is 40.8 Å². The highest BCUT2D eigenvalue weighted by Gasteiger charge is 2.51. The molecule has 2 amide bonds. The molecule has 3 aromatic heterocycles. The van der Waals surface area contributed by atoms with Crippen LogP contribution in [0, 0.1) is 6.92 Å². The van der Waals surface area contributed by atoms with Crippen LogP contribution in [-0.2, 0) is 32.6 Å². The second kappa shape index (κ2) is 11.9. The van der Waals surface area contributed by atoms with E-state index in [0.717, 1.165) is 29.1 Å². The summed E-state index contributed by atoms with van der Waals surface area (Å²) in [7, 11) is 0. The number of morpholine rings is 1. The summed E-state index contributed by atoms with van der Waals surface area (Å²) in [6.45, 7) is 4.26. The molecule has 2 N–H and O–H groups in total. The number of aromatic nitrogens is 6. The number of nitrogens with one attached hydrogen (secondary N) is 1. The molecule has 8 rings (SSSR count). The molecule has 3 atom stereocenters. The van der Waals surface area contributed by atoms with Gasteiger partial charge in [0.2, 0.25) is 17.6 Å². The number of anilines is 2. The molecule has 0 radical (unpaired) electrons. The van der Waals surface area contributed by atoms with Crippen LogP contribution in [0.25, 0.3) is 5.78 Å². The molecule has 15 nitrogen and oxygen atoms in total.